The van der Waals surface area contributed by atoms with Gasteiger partial charge in [-0.15, -0.1) is 0 Å². The van der Waals surface area contributed by atoms with Gasteiger partial charge in [-0.2, -0.15) is 0 Å². The summed E-state index contributed by atoms with van der Waals surface area (Å²) in [6.45, 7) is 0. The van der Waals surface area contributed by atoms with Gasteiger partial charge in [-0.25, -0.2) is 13.4 Å². The number of carboxylic acids is 1. The summed E-state index contributed by atoms with van der Waals surface area (Å²) in [6, 6.07) is 6.67. The van der Waals surface area contributed by atoms with Crippen molar-refractivity contribution in [3.63, 3.8) is 0 Å². The first-order chi connectivity index (χ1) is 8.95. The number of rotatable bonds is 3. The lowest BCUT2D eigenvalue weighted by Crippen LogP contribution is -1.98. The summed E-state index contributed by atoms with van der Waals surface area (Å²) in [5.74, 6) is -1.23. The number of nitrogens with zero attached hydrogens (tertiary/aromatic N) is 1. The fourth-order valence-electron chi connectivity index (χ4n) is 1.89. The maximum atomic E-state index is 12.5. The highest BCUT2D eigenvalue weighted by Crippen LogP contribution is 2.29. The third-order valence-electron chi connectivity index (χ3n) is 3.03. The Hall–Kier alpha value is -1.82. The fourth-order valence-corrected chi connectivity index (χ4v) is 3.46. The van der Waals surface area contributed by atoms with Gasteiger partial charge in [0.05, 0.1) is 15.8 Å². The van der Waals surface area contributed by atoms with Crippen molar-refractivity contribution in [2.24, 2.45) is 4.36 Å². The van der Waals surface area contributed by atoms with E-state index < -0.39 is 15.7 Å². The maximum Gasteiger partial charge on any atom is 0.371 e. The summed E-state index contributed by atoms with van der Waals surface area (Å²) in [5, 5.41) is 9.51. The first-order valence-electron chi connectivity index (χ1n) is 5.94. The van der Waals surface area contributed by atoms with E-state index in [1.54, 1.807) is 24.5 Å². The Morgan fingerprint density at radius 1 is 1.42 bits per heavy atom. The van der Waals surface area contributed by atoms with Crippen molar-refractivity contribution in [1.82, 2.24) is 0 Å². The van der Waals surface area contributed by atoms with Crippen LogP contribution < -0.4 is 0 Å². The molecule has 0 spiro atoms. The number of hydrogen-bond acceptors (Lipinski definition) is 4. The molecule has 1 aliphatic rings. The molecular weight excluding hydrogens is 266 g/mol. The summed E-state index contributed by atoms with van der Waals surface area (Å²) < 4.78 is 22.0. The normalized spacial score (nSPS) is 18.2. The number of benzene rings is 1. The average Bonchev–Trinajstić information content (AvgIpc) is 3.03. The number of carbonyl (C=O) groups is 1. The van der Waals surface area contributed by atoms with Crippen molar-refractivity contribution in [2.75, 3.05) is 6.26 Å². The molecule has 19 heavy (non-hydrogen) atoms. The number of fused-ring (bicyclic) bond motifs is 1. The van der Waals surface area contributed by atoms with Crippen LogP contribution in [0, 0.1) is 0 Å². The molecule has 1 saturated carbocycles. The van der Waals surface area contributed by atoms with Crippen LogP contribution >= 0.6 is 0 Å². The van der Waals surface area contributed by atoms with Crippen LogP contribution in [0.2, 0.25) is 0 Å². The van der Waals surface area contributed by atoms with Crippen molar-refractivity contribution in [3.05, 3.63) is 30.0 Å². The van der Waals surface area contributed by atoms with Gasteiger partial charge in [0, 0.05) is 16.5 Å². The van der Waals surface area contributed by atoms with Crippen LogP contribution in [-0.4, -0.2) is 27.6 Å². The Morgan fingerprint density at radius 3 is 2.79 bits per heavy atom. The molecule has 1 aromatic heterocycles. The maximum absolute atomic E-state index is 12.5. The Labute approximate surface area is 110 Å². The molecule has 5 nitrogen and oxygen atoms in total. The van der Waals surface area contributed by atoms with Gasteiger partial charge in [-0.05, 0) is 37.1 Å². The van der Waals surface area contributed by atoms with E-state index in [4.69, 9.17) is 9.52 Å². The topological polar surface area (TPSA) is 79.9 Å². The molecule has 0 aliphatic heterocycles. The number of carboxylic acid groups (broad SMARTS) is 1. The zero-order valence-corrected chi connectivity index (χ0v) is 11.1. The molecule has 100 valence electrons. The smallest absolute Gasteiger partial charge is 0.371 e. The first kappa shape index (κ1) is 12.2. The predicted octanol–water partition coefficient (Wildman–Crippen LogP) is 2.75. The molecule has 0 radical (unpaired) electrons. The third-order valence-corrected chi connectivity index (χ3v) is 4.86. The second-order valence-corrected chi connectivity index (χ2v) is 7.04. The van der Waals surface area contributed by atoms with Gasteiger partial charge in [0.1, 0.15) is 5.58 Å². The van der Waals surface area contributed by atoms with Crippen molar-refractivity contribution in [1.29, 1.82) is 0 Å². The highest BCUT2D eigenvalue weighted by molar-refractivity contribution is 7.93. The molecule has 1 aliphatic carbocycles. The Bertz CT molecular complexity index is 779. The summed E-state index contributed by atoms with van der Waals surface area (Å²) in [5.41, 5.74) is 0.475. The van der Waals surface area contributed by atoms with Gasteiger partial charge in [0.2, 0.25) is 5.76 Å². The number of hydrogen-bond donors (Lipinski definition) is 1. The van der Waals surface area contributed by atoms with E-state index in [0.29, 0.717) is 15.9 Å². The minimum atomic E-state index is -2.41. The average molecular weight is 279 g/mol. The molecule has 1 aromatic carbocycles. The van der Waals surface area contributed by atoms with Crippen molar-refractivity contribution in [3.8, 4) is 0 Å². The monoisotopic (exact) mass is 279 g/mol. The zero-order chi connectivity index (χ0) is 13.6. The van der Waals surface area contributed by atoms with Crippen molar-refractivity contribution < 1.29 is 18.5 Å². The number of aromatic carboxylic acids is 1. The molecule has 1 unspecified atom stereocenters. The molecule has 3 rings (SSSR count). The van der Waals surface area contributed by atoms with E-state index in [2.05, 4.69) is 4.36 Å². The highest BCUT2D eigenvalue weighted by Gasteiger charge is 2.23. The Morgan fingerprint density at radius 2 is 2.16 bits per heavy atom. The molecule has 1 atom stereocenters. The van der Waals surface area contributed by atoms with Crippen LogP contribution in [0.15, 0.2) is 37.9 Å². The lowest BCUT2D eigenvalue weighted by atomic mass is 10.2. The molecular formula is C13H13NO4S. The standard InChI is InChI=1S/C13H13NO4S/c1-19(17,14-9-2-3-9)10-4-5-11-8(6-10)7-12(18-11)13(15)16/h4-7,9H,2-3H2,1H3,(H,15,16). The second kappa shape index (κ2) is 4.09. The molecule has 0 amide bonds. The number of furan rings is 1. The van der Waals surface area contributed by atoms with Crippen LogP contribution in [-0.2, 0) is 9.73 Å². The minimum Gasteiger partial charge on any atom is -0.475 e. The van der Waals surface area contributed by atoms with Crippen LogP contribution in [0.25, 0.3) is 11.0 Å². The predicted molar refractivity (Wildman–Crippen MR) is 71.0 cm³/mol. The molecule has 1 heterocycles. The quantitative estimate of drug-likeness (QED) is 0.936. The molecule has 1 N–H and O–H groups in total. The lowest BCUT2D eigenvalue weighted by Gasteiger charge is -2.03. The Kier molecular flexibility index (Phi) is 2.63. The summed E-state index contributed by atoms with van der Waals surface area (Å²) in [6.07, 6.45) is 3.62. The molecule has 6 heteroatoms. The van der Waals surface area contributed by atoms with E-state index in [1.165, 1.54) is 6.07 Å². The van der Waals surface area contributed by atoms with Crippen molar-refractivity contribution >= 4 is 26.7 Å². The molecule has 0 bridgehead atoms. The molecule has 0 saturated heterocycles. The van der Waals surface area contributed by atoms with Crippen LogP contribution in [0.1, 0.15) is 23.4 Å². The largest absolute Gasteiger partial charge is 0.475 e. The van der Waals surface area contributed by atoms with Gasteiger partial charge < -0.3 is 9.52 Å². The summed E-state index contributed by atoms with van der Waals surface area (Å²) >= 11 is 0. The SMILES string of the molecule is CS(=O)(=NC1CC1)c1ccc2oc(C(=O)O)cc2c1. The van der Waals surface area contributed by atoms with E-state index >= 15 is 0 Å². The van der Waals surface area contributed by atoms with Crippen LogP contribution in [0.4, 0.5) is 0 Å². The van der Waals surface area contributed by atoms with E-state index in [0.717, 1.165) is 12.8 Å². The minimum absolute atomic E-state index is 0.117. The van der Waals surface area contributed by atoms with E-state index in [1.807, 2.05) is 0 Å². The first-order valence-corrected chi connectivity index (χ1v) is 7.86. The van der Waals surface area contributed by atoms with Crippen LogP contribution in [0.3, 0.4) is 0 Å². The van der Waals surface area contributed by atoms with Gasteiger partial charge in [0.15, 0.2) is 0 Å². The highest BCUT2D eigenvalue weighted by atomic mass is 32.2. The van der Waals surface area contributed by atoms with Crippen molar-refractivity contribution in [2.45, 2.75) is 23.8 Å². The van der Waals surface area contributed by atoms with Gasteiger partial charge in [0.25, 0.3) is 0 Å². The lowest BCUT2D eigenvalue weighted by molar-refractivity contribution is 0.0665. The summed E-state index contributed by atoms with van der Waals surface area (Å²) in [7, 11) is -2.41. The fraction of sp³-hybridized carbons (Fsp3) is 0.308. The molecule has 2 aromatic rings. The van der Waals surface area contributed by atoms with E-state index in [-0.39, 0.29) is 11.8 Å². The second-order valence-electron chi connectivity index (χ2n) is 4.75. The third kappa shape index (κ3) is 2.35. The molecule has 1 fully saturated rings. The van der Waals surface area contributed by atoms with Gasteiger partial charge >= 0.3 is 5.97 Å². The van der Waals surface area contributed by atoms with Gasteiger partial charge in [-0.1, -0.05) is 0 Å². The van der Waals surface area contributed by atoms with Crippen LogP contribution in [0.5, 0.6) is 0 Å². The van der Waals surface area contributed by atoms with E-state index in [9.17, 15) is 9.00 Å². The zero-order valence-electron chi connectivity index (χ0n) is 10.3. The summed E-state index contributed by atoms with van der Waals surface area (Å²) in [4.78, 5) is 11.5. The van der Waals surface area contributed by atoms with Gasteiger partial charge in [-0.3, -0.25) is 0 Å². The Balaban J connectivity index is 2.11.